The highest BCUT2D eigenvalue weighted by Gasteiger charge is 2.28. The number of aliphatic carboxylic acids is 1. The van der Waals surface area contributed by atoms with Gasteiger partial charge in [0.05, 0.1) is 17.8 Å². The lowest BCUT2D eigenvalue weighted by molar-refractivity contribution is -0.136. The van der Waals surface area contributed by atoms with Gasteiger partial charge in [0.2, 0.25) is 0 Å². The summed E-state index contributed by atoms with van der Waals surface area (Å²) in [4.78, 5) is 15.6. The predicted octanol–water partition coefficient (Wildman–Crippen LogP) is 4.43. The molecule has 1 aliphatic rings. The van der Waals surface area contributed by atoms with Gasteiger partial charge in [0.25, 0.3) is 0 Å². The first kappa shape index (κ1) is 21.1. The third-order valence-electron chi connectivity index (χ3n) is 6.05. The molecule has 4 rings (SSSR count). The van der Waals surface area contributed by atoms with E-state index in [4.69, 9.17) is 5.11 Å². The number of carbonyl (C=O) groups is 1. The molecule has 0 radical (unpaired) electrons. The molecule has 31 heavy (non-hydrogen) atoms. The standard InChI is InChI=1S/C26H29N3O2/c1-18(21-10-5-7-19(13-21)14-25(30)31)16-29-26(20-8-3-2-4-9-20)22-15-24-23(28-17-22)11-6-12-27-24/h2-13,18,22,26,28-29H,14-17H2,1H3,(H,30,31)/t18-,22-,26-/m0/s1. The molecule has 0 fully saturated rings. The number of carboxylic acids is 1. The molecule has 0 saturated carbocycles. The van der Waals surface area contributed by atoms with E-state index in [2.05, 4.69) is 58.9 Å². The van der Waals surface area contributed by atoms with E-state index in [-0.39, 0.29) is 18.4 Å². The number of aromatic nitrogens is 1. The summed E-state index contributed by atoms with van der Waals surface area (Å²) in [6, 6.07) is 22.8. The van der Waals surface area contributed by atoms with Crippen LogP contribution in [0, 0.1) is 5.92 Å². The summed E-state index contributed by atoms with van der Waals surface area (Å²) >= 11 is 0. The minimum absolute atomic E-state index is 0.0563. The zero-order valence-corrected chi connectivity index (χ0v) is 17.8. The molecule has 5 heteroatoms. The van der Waals surface area contributed by atoms with E-state index in [9.17, 15) is 4.79 Å². The minimum atomic E-state index is -0.800. The summed E-state index contributed by atoms with van der Waals surface area (Å²) in [6.45, 7) is 3.89. The molecule has 3 N–H and O–H groups in total. The van der Waals surface area contributed by atoms with Crippen molar-refractivity contribution in [1.82, 2.24) is 10.3 Å². The van der Waals surface area contributed by atoms with E-state index < -0.39 is 5.97 Å². The molecule has 5 nitrogen and oxygen atoms in total. The molecular formula is C26H29N3O2. The molecule has 3 aromatic rings. The number of fused-ring (bicyclic) bond motifs is 1. The van der Waals surface area contributed by atoms with Gasteiger partial charge in [-0.05, 0) is 41.2 Å². The van der Waals surface area contributed by atoms with Gasteiger partial charge in [-0.15, -0.1) is 0 Å². The van der Waals surface area contributed by atoms with E-state index in [1.807, 2.05) is 36.5 Å². The third kappa shape index (κ3) is 5.30. The number of hydrogen-bond donors (Lipinski definition) is 3. The first-order valence-electron chi connectivity index (χ1n) is 10.9. The Labute approximate surface area is 183 Å². The Morgan fingerprint density at radius 2 is 1.94 bits per heavy atom. The minimum Gasteiger partial charge on any atom is -0.481 e. The maximum absolute atomic E-state index is 11.1. The first-order chi connectivity index (χ1) is 15.1. The van der Waals surface area contributed by atoms with Gasteiger partial charge in [-0.2, -0.15) is 0 Å². The second-order valence-corrected chi connectivity index (χ2v) is 8.36. The Morgan fingerprint density at radius 1 is 1.13 bits per heavy atom. The second-order valence-electron chi connectivity index (χ2n) is 8.36. The van der Waals surface area contributed by atoms with E-state index >= 15 is 0 Å². The number of nitrogens with one attached hydrogen (secondary N) is 2. The summed E-state index contributed by atoms with van der Waals surface area (Å²) in [5, 5.41) is 16.4. The van der Waals surface area contributed by atoms with Crippen molar-refractivity contribution in [3.63, 3.8) is 0 Å². The lowest BCUT2D eigenvalue weighted by Crippen LogP contribution is -2.37. The summed E-state index contributed by atoms with van der Waals surface area (Å²) in [5.41, 5.74) is 5.54. The number of carboxylic acid groups (broad SMARTS) is 1. The van der Waals surface area contributed by atoms with Gasteiger partial charge < -0.3 is 15.7 Å². The van der Waals surface area contributed by atoms with Crippen molar-refractivity contribution >= 4 is 11.7 Å². The lowest BCUT2D eigenvalue weighted by Gasteiger charge is -2.33. The van der Waals surface area contributed by atoms with Gasteiger partial charge in [0.1, 0.15) is 0 Å². The number of rotatable bonds is 8. The molecule has 2 aromatic carbocycles. The van der Waals surface area contributed by atoms with Crippen LogP contribution in [0.25, 0.3) is 0 Å². The van der Waals surface area contributed by atoms with Crippen LogP contribution in [-0.4, -0.2) is 29.1 Å². The van der Waals surface area contributed by atoms with E-state index in [0.717, 1.165) is 42.0 Å². The molecular weight excluding hydrogens is 386 g/mol. The monoisotopic (exact) mass is 415 g/mol. The zero-order valence-electron chi connectivity index (χ0n) is 17.8. The smallest absolute Gasteiger partial charge is 0.307 e. The third-order valence-corrected chi connectivity index (χ3v) is 6.05. The number of anilines is 1. The summed E-state index contributed by atoms with van der Waals surface area (Å²) in [7, 11) is 0. The van der Waals surface area contributed by atoms with Gasteiger partial charge in [-0.25, -0.2) is 0 Å². The Morgan fingerprint density at radius 3 is 2.74 bits per heavy atom. The van der Waals surface area contributed by atoms with Crippen molar-refractivity contribution in [2.75, 3.05) is 18.4 Å². The maximum Gasteiger partial charge on any atom is 0.307 e. The highest BCUT2D eigenvalue weighted by molar-refractivity contribution is 5.70. The fraction of sp³-hybridized carbons (Fsp3) is 0.308. The average molecular weight is 416 g/mol. The van der Waals surface area contributed by atoms with Crippen molar-refractivity contribution < 1.29 is 9.90 Å². The van der Waals surface area contributed by atoms with Gasteiger partial charge in [-0.3, -0.25) is 9.78 Å². The van der Waals surface area contributed by atoms with E-state index in [0.29, 0.717) is 5.92 Å². The fourth-order valence-corrected chi connectivity index (χ4v) is 4.38. The van der Waals surface area contributed by atoms with Crippen LogP contribution < -0.4 is 10.6 Å². The summed E-state index contributed by atoms with van der Waals surface area (Å²) in [6.07, 6.45) is 2.85. The van der Waals surface area contributed by atoms with Crippen molar-refractivity contribution in [2.45, 2.75) is 31.7 Å². The molecule has 160 valence electrons. The van der Waals surface area contributed by atoms with Crippen LogP contribution in [0.1, 0.15) is 41.3 Å². The molecule has 0 spiro atoms. The van der Waals surface area contributed by atoms with Gasteiger partial charge >= 0.3 is 5.97 Å². The van der Waals surface area contributed by atoms with Crippen molar-refractivity contribution in [1.29, 1.82) is 0 Å². The topological polar surface area (TPSA) is 74.2 Å². The Hall–Kier alpha value is -3.18. The Balaban J connectivity index is 1.49. The lowest BCUT2D eigenvalue weighted by atomic mass is 9.86. The number of nitrogens with zero attached hydrogens (tertiary/aromatic N) is 1. The normalized spacial score (nSPS) is 17.3. The molecule has 0 saturated heterocycles. The SMILES string of the molecule is C[C@@H](CN[C@@H](c1ccccc1)[C@@H]1CNc2cccnc2C1)c1cccc(CC(=O)O)c1. The van der Waals surface area contributed by atoms with E-state index in [1.54, 1.807) is 0 Å². The van der Waals surface area contributed by atoms with Crippen molar-refractivity contribution in [3.05, 3.63) is 95.3 Å². The van der Waals surface area contributed by atoms with Crippen LogP contribution in [0.15, 0.2) is 72.9 Å². The van der Waals surface area contributed by atoms with E-state index in [1.165, 1.54) is 5.56 Å². The van der Waals surface area contributed by atoms with Crippen LogP contribution in [0.3, 0.4) is 0 Å². The van der Waals surface area contributed by atoms with Crippen LogP contribution in [0.2, 0.25) is 0 Å². The number of hydrogen-bond acceptors (Lipinski definition) is 4. The average Bonchev–Trinajstić information content (AvgIpc) is 2.79. The summed E-state index contributed by atoms with van der Waals surface area (Å²) < 4.78 is 0. The molecule has 3 atom stereocenters. The molecule has 0 amide bonds. The van der Waals surface area contributed by atoms with Crippen LogP contribution in [0.4, 0.5) is 5.69 Å². The highest BCUT2D eigenvalue weighted by Crippen LogP contribution is 2.31. The molecule has 0 unspecified atom stereocenters. The Kier molecular flexibility index (Phi) is 6.63. The van der Waals surface area contributed by atoms with Crippen LogP contribution in [-0.2, 0) is 17.6 Å². The molecule has 1 aliphatic heterocycles. The van der Waals surface area contributed by atoms with Gasteiger partial charge in [-0.1, -0.05) is 61.5 Å². The summed E-state index contributed by atoms with van der Waals surface area (Å²) in [5.74, 6) is -0.150. The fourth-order valence-electron chi connectivity index (χ4n) is 4.38. The first-order valence-corrected chi connectivity index (χ1v) is 10.9. The number of pyridine rings is 1. The van der Waals surface area contributed by atoms with Gasteiger partial charge in [0.15, 0.2) is 0 Å². The quantitative estimate of drug-likeness (QED) is 0.508. The highest BCUT2D eigenvalue weighted by atomic mass is 16.4. The molecule has 0 bridgehead atoms. The number of benzene rings is 2. The van der Waals surface area contributed by atoms with Crippen molar-refractivity contribution in [3.8, 4) is 0 Å². The van der Waals surface area contributed by atoms with Crippen molar-refractivity contribution in [2.24, 2.45) is 5.92 Å². The molecule has 1 aromatic heterocycles. The predicted molar refractivity (Wildman–Crippen MR) is 123 cm³/mol. The zero-order chi connectivity index (χ0) is 21.6. The largest absolute Gasteiger partial charge is 0.481 e. The molecule has 0 aliphatic carbocycles. The molecule has 2 heterocycles. The maximum atomic E-state index is 11.1. The van der Waals surface area contributed by atoms with Crippen LogP contribution >= 0.6 is 0 Å². The Bertz CT molecular complexity index is 1020. The van der Waals surface area contributed by atoms with Crippen LogP contribution in [0.5, 0.6) is 0 Å². The van der Waals surface area contributed by atoms with Gasteiger partial charge in [0, 0.05) is 31.2 Å². The second kappa shape index (κ2) is 9.75.